The molecule has 23 heavy (non-hydrogen) atoms. The average Bonchev–Trinajstić information content (AvgIpc) is 2.76. The van der Waals surface area contributed by atoms with Crippen molar-refractivity contribution in [2.75, 3.05) is 6.61 Å². The normalized spacial score (nSPS) is 22.6. The minimum atomic E-state index is -1.92. The first-order valence-corrected chi connectivity index (χ1v) is 10.6. The number of hydrogen-bond acceptors (Lipinski definition) is 5. The first kappa shape index (κ1) is 17.8. The number of ether oxygens (including phenoxy) is 1. The van der Waals surface area contributed by atoms with Gasteiger partial charge in [-0.1, -0.05) is 20.8 Å². The fourth-order valence-electron chi connectivity index (χ4n) is 2.08. The highest BCUT2D eigenvalue weighted by Crippen LogP contribution is 2.37. The molecule has 1 aliphatic rings. The van der Waals surface area contributed by atoms with Crippen LogP contribution in [0.3, 0.4) is 0 Å². The number of ketones is 1. The third-order valence-corrected chi connectivity index (χ3v) is 9.07. The topological polar surface area (TPSA) is 90.4 Å². The van der Waals surface area contributed by atoms with E-state index in [9.17, 15) is 14.4 Å². The maximum atomic E-state index is 12.1. The summed E-state index contributed by atoms with van der Waals surface area (Å²) in [6.45, 7) is 11.0. The van der Waals surface area contributed by atoms with Crippen molar-refractivity contribution < 1.29 is 14.0 Å². The van der Waals surface area contributed by atoms with Crippen molar-refractivity contribution in [2.45, 2.75) is 57.7 Å². The van der Waals surface area contributed by atoms with Gasteiger partial charge < -0.3 is 9.16 Å². The minimum absolute atomic E-state index is 0.0743. The van der Waals surface area contributed by atoms with Gasteiger partial charge in [0.25, 0.3) is 5.56 Å². The molecular formula is C15H24N2O5Si. The summed E-state index contributed by atoms with van der Waals surface area (Å²) in [5, 5.41) is 0.0743. The van der Waals surface area contributed by atoms with Crippen LogP contribution in [0.4, 0.5) is 0 Å². The van der Waals surface area contributed by atoms with Gasteiger partial charge in [0.2, 0.25) is 0 Å². The summed E-state index contributed by atoms with van der Waals surface area (Å²) < 4.78 is 12.9. The number of aromatic amines is 1. The zero-order valence-corrected chi connectivity index (χ0v) is 15.2. The number of rotatable bonds is 4. The predicted molar refractivity (Wildman–Crippen MR) is 88.0 cm³/mol. The van der Waals surface area contributed by atoms with E-state index in [0.29, 0.717) is 6.61 Å². The number of nitrogens with zero attached hydrogens (tertiary/aromatic N) is 1. The number of nitrogens with one attached hydrogen (secondary N) is 1. The van der Waals surface area contributed by atoms with Crippen molar-refractivity contribution >= 4 is 14.1 Å². The molecule has 0 radical (unpaired) electrons. The van der Waals surface area contributed by atoms with Gasteiger partial charge in [-0.3, -0.25) is 19.1 Å². The molecule has 2 atom stereocenters. The van der Waals surface area contributed by atoms with E-state index in [4.69, 9.17) is 9.16 Å². The monoisotopic (exact) mass is 340 g/mol. The molecule has 8 heteroatoms. The molecular weight excluding hydrogens is 316 g/mol. The van der Waals surface area contributed by atoms with Gasteiger partial charge in [0.1, 0.15) is 0 Å². The van der Waals surface area contributed by atoms with Crippen molar-refractivity contribution in [1.82, 2.24) is 9.55 Å². The zero-order chi connectivity index (χ0) is 17.4. The Kier molecular flexibility index (Phi) is 4.79. The number of hydrogen-bond donors (Lipinski definition) is 1. The van der Waals surface area contributed by atoms with Crippen LogP contribution in [0.25, 0.3) is 0 Å². The Morgan fingerprint density at radius 1 is 1.35 bits per heavy atom. The summed E-state index contributed by atoms with van der Waals surface area (Å²) >= 11 is 0. The van der Waals surface area contributed by atoms with Gasteiger partial charge in [0.15, 0.2) is 20.3 Å². The van der Waals surface area contributed by atoms with Crippen LogP contribution in [-0.2, 0) is 14.0 Å². The number of carbonyl (C=O) groups is 1. The zero-order valence-electron chi connectivity index (χ0n) is 14.2. The molecule has 0 aromatic carbocycles. The van der Waals surface area contributed by atoms with Crippen LogP contribution in [-0.4, -0.2) is 36.4 Å². The van der Waals surface area contributed by atoms with E-state index in [0.717, 1.165) is 4.57 Å². The molecule has 0 amide bonds. The largest absolute Gasteiger partial charge is 0.414 e. The lowest BCUT2D eigenvalue weighted by Gasteiger charge is -2.36. The molecule has 0 aliphatic carbocycles. The van der Waals surface area contributed by atoms with Crippen molar-refractivity contribution in [3.05, 3.63) is 33.1 Å². The van der Waals surface area contributed by atoms with Crippen LogP contribution in [0.15, 0.2) is 21.9 Å². The summed E-state index contributed by atoms with van der Waals surface area (Å²) in [6.07, 6.45) is 0.110. The number of Topliss-reactive ketones (excluding diaryl/α,β-unsaturated/α-hetero) is 1. The van der Waals surface area contributed by atoms with Crippen LogP contribution >= 0.6 is 0 Å². The Balaban J connectivity index is 2.06. The van der Waals surface area contributed by atoms with Gasteiger partial charge >= 0.3 is 5.69 Å². The maximum Gasteiger partial charge on any atom is 0.330 e. The fraction of sp³-hybridized carbons (Fsp3) is 0.667. The summed E-state index contributed by atoms with van der Waals surface area (Å²) in [5.74, 6) is -0.192. The van der Waals surface area contributed by atoms with Crippen molar-refractivity contribution in [3.63, 3.8) is 0 Å². The van der Waals surface area contributed by atoms with Crippen LogP contribution in [0.5, 0.6) is 0 Å². The molecule has 1 aliphatic heterocycles. The quantitative estimate of drug-likeness (QED) is 0.837. The van der Waals surface area contributed by atoms with E-state index in [-0.39, 0.29) is 23.3 Å². The van der Waals surface area contributed by atoms with E-state index in [2.05, 4.69) is 38.8 Å². The highest BCUT2D eigenvalue weighted by Gasteiger charge is 2.40. The van der Waals surface area contributed by atoms with E-state index in [1.54, 1.807) is 0 Å². The van der Waals surface area contributed by atoms with E-state index >= 15 is 0 Å². The molecule has 1 N–H and O–H groups in total. The van der Waals surface area contributed by atoms with Gasteiger partial charge in [0.05, 0.1) is 12.7 Å². The standard InChI is InChI=1S/C15H24N2O5Si/c1-15(2,3)23(4,5)21-9-10-8-11(18)13(22-10)17-7-6-12(19)16-14(17)20/h6-7,10,13H,8-9H2,1-5H3,(H,16,19,20)/t10-,13+/m1/s1. The summed E-state index contributed by atoms with van der Waals surface area (Å²) in [4.78, 5) is 37.1. The third kappa shape index (κ3) is 3.88. The molecule has 0 unspecified atom stereocenters. The maximum absolute atomic E-state index is 12.1. The molecule has 2 rings (SSSR count). The van der Waals surface area contributed by atoms with Gasteiger partial charge in [-0.2, -0.15) is 0 Å². The summed E-state index contributed by atoms with van der Waals surface area (Å²) in [6, 6.07) is 1.19. The van der Waals surface area contributed by atoms with Crippen molar-refractivity contribution in [2.24, 2.45) is 0 Å². The SMILES string of the molecule is CC(C)(C)[Si](C)(C)OC[C@H]1CC(=O)[C@@H](n2ccc(=O)[nH]c2=O)O1. The van der Waals surface area contributed by atoms with E-state index in [1.807, 2.05) is 0 Å². The smallest absolute Gasteiger partial charge is 0.330 e. The molecule has 1 fully saturated rings. The lowest BCUT2D eigenvalue weighted by atomic mass is 10.2. The second kappa shape index (κ2) is 6.18. The highest BCUT2D eigenvalue weighted by atomic mass is 28.4. The number of H-pyrrole nitrogens is 1. The van der Waals surface area contributed by atoms with Gasteiger partial charge in [-0.25, -0.2) is 4.79 Å². The molecule has 2 heterocycles. The second-order valence-electron chi connectivity index (χ2n) is 7.37. The Bertz CT molecular complexity index is 701. The molecule has 1 aromatic rings. The fourth-order valence-corrected chi connectivity index (χ4v) is 3.12. The molecule has 0 bridgehead atoms. The average molecular weight is 340 g/mol. The van der Waals surface area contributed by atoms with Crippen molar-refractivity contribution in [3.8, 4) is 0 Å². The Morgan fingerprint density at radius 2 is 2.00 bits per heavy atom. The molecule has 1 aromatic heterocycles. The van der Waals surface area contributed by atoms with Crippen LogP contribution in [0.2, 0.25) is 18.1 Å². The number of carbonyl (C=O) groups excluding carboxylic acids is 1. The lowest BCUT2D eigenvalue weighted by molar-refractivity contribution is -0.127. The van der Waals surface area contributed by atoms with Crippen molar-refractivity contribution in [1.29, 1.82) is 0 Å². The van der Waals surface area contributed by atoms with Gasteiger partial charge in [0, 0.05) is 18.7 Å². The van der Waals surface area contributed by atoms with E-state index in [1.165, 1.54) is 12.3 Å². The van der Waals surface area contributed by atoms with Crippen LogP contribution in [0, 0.1) is 0 Å². The van der Waals surface area contributed by atoms with E-state index < -0.39 is 25.8 Å². The van der Waals surface area contributed by atoms with Crippen LogP contribution in [0.1, 0.15) is 33.4 Å². The minimum Gasteiger partial charge on any atom is -0.414 e. The Labute approximate surface area is 135 Å². The predicted octanol–water partition coefficient (Wildman–Crippen LogP) is 1.41. The first-order valence-electron chi connectivity index (χ1n) is 7.65. The Morgan fingerprint density at radius 3 is 2.57 bits per heavy atom. The summed E-state index contributed by atoms with van der Waals surface area (Å²) in [7, 11) is -1.92. The first-order chi connectivity index (χ1) is 10.5. The van der Waals surface area contributed by atoms with Gasteiger partial charge in [-0.15, -0.1) is 0 Å². The molecule has 0 saturated carbocycles. The Hall–Kier alpha value is -1.51. The van der Waals surface area contributed by atoms with Crippen LogP contribution < -0.4 is 11.2 Å². The summed E-state index contributed by atoms with van der Waals surface area (Å²) in [5.41, 5.74) is -1.16. The third-order valence-electron chi connectivity index (χ3n) is 4.57. The van der Waals surface area contributed by atoms with Gasteiger partial charge in [-0.05, 0) is 18.1 Å². The molecule has 7 nitrogen and oxygen atoms in total. The molecule has 0 spiro atoms. The highest BCUT2D eigenvalue weighted by molar-refractivity contribution is 6.74. The molecule has 128 valence electrons. The lowest BCUT2D eigenvalue weighted by Crippen LogP contribution is -2.42. The molecule has 1 saturated heterocycles. The second-order valence-corrected chi connectivity index (χ2v) is 12.2. The number of aromatic nitrogens is 2.